The van der Waals surface area contributed by atoms with Gasteiger partial charge in [-0.25, -0.2) is 4.79 Å². The zero-order chi connectivity index (χ0) is 16.8. The van der Waals surface area contributed by atoms with Crippen molar-refractivity contribution in [3.05, 3.63) is 34.4 Å². The van der Waals surface area contributed by atoms with E-state index in [1.807, 2.05) is 0 Å². The molecule has 0 aromatic heterocycles. The number of carbonyl (C=O) groups is 1. The molecular weight excluding hydrogens is 323 g/mol. The van der Waals surface area contributed by atoms with Gasteiger partial charge in [0.25, 0.3) is 0 Å². The van der Waals surface area contributed by atoms with Gasteiger partial charge in [-0.3, -0.25) is 0 Å². The summed E-state index contributed by atoms with van der Waals surface area (Å²) in [6.07, 6.45) is -17.0. The van der Waals surface area contributed by atoms with Crippen LogP contribution in [0.2, 0.25) is 0 Å². The summed E-state index contributed by atoms with van der Waals surface area (Å²) in [4.78, 5) is 10.6. The third-order valence-electron chi connectivity index (χ3n) is 2.30. The summed E-state index contributed by atoms with van der Waals surface area (Å²) >= 11 is 0. The first-order valence-corrected chi connectivity index (χ1v) is 4.78. The maximum atomic E-state index is 12.5. The molecule has 2 nitrogen and oxygen atoms in total. The van der Waals surface area contributed by atoms with Crippen molar-refractivity contribution in [3.8, 4) is 0 Å². The molecule has 0 saturated heterocycles. The molecule has 0 aliphatic heterocycles. The van der Waals surface area contributed by atoms with E-state index in [0.29, 0.717) is 0 Å². The highest BCUT2D eigenvalue weighted by Crippen LogP contribution is 2.44. The summed E-state index contributed by atoms with van der Waals surface area (Å²) in [6, 6.07) is -1.53. The third-order valence-corrected chi connectivity index (χ3v) is 2.30. The van der Waals surface area contributed by atoms with Gasteiger partial charge in [-0.05, 0) is 12.1 Å². The van der Waals surface area contributed by atoms with Crippen molar-refractivity contribution >= 4 is 5.97 Å². The Labute approximate surface area is 109 Å². The number of hydrogen-bond acceptors (Lipinski definition) is 1. The van der Waals surface area contributed by atoms with Gasteiger partial charge in [0.15, 0.2) is 0 Å². The highest BCUT2D eigenvalue weighted by molar-refractivity contribution is 5.90. The third kappa shape index (κ3) is 3.58. The molecule has 0 bridgehead atoms. The minimum atomic E-state index is -5.73. The molecule has 0 atom stereocenters. The second-order valence-electron chi connectivity index (χ2n) is 3.74. The van der Waals surface area contributed by atoms with Crippen LogP contribution in [0.1, 0.15) is 27.0 Å². The van der Waals surface area contributed by atoms with E-state index in [1.165, 1.54) is 0 Å². The fourth-order valence-electron chi connectivity index (χ4n) is 1.48. The zero-order valence-corrected chi connectivity index (χ0v) is 9.41. The second-order valence-corrected chi connectivity index (χ2v) is 3.74. The van der Waals surface area contributed by atoms with E-state index >= 15 is 0 Å². The van der Waals surface area contributed by atoms with Gasteiger partial charge in [0, 0.05) is 0 Å². The van der Waals surface area contributed by atoms with Crippen molar-refractivity contribution in [2.75, 3.05) is 0 Å². The molecule has 0 amide bonds. The molecule has 1 N–H and O–H groups in total. The predicted molar refractivity (Wildman–Crippen MR) is 48.4 cm³/mol. The summed E-state index contributed by atoms with van der Waals surface area (Å²) in [6.45, 7) is 0. The molecule has 0 fully saturated rings. The van der Waals surface area contributed by atoms with Gasteiger partial charge >= 0.3 is 24.5 Å². The Morgan fingerprint density at radius 2 is 1.05 bits per heavy atom. The lowest BCUT2D eigenvalue weighted by atomic mass is 9.97. The summed E-state index contributed by atoms with van der Waals surface area (Å²) < 4.78 is 112. The Morgan fingerprint density at radius 3 is 1.33 bits per heavy atom. The van der Waals surface area contributed by atoms with Crippen molar-refractivity contribution in [2.45, 2.75) is 18.5 Å². The highest BCUT2D eigenvalue weighted by Gasteiger charge is 2.47. The van der Waals surface area contributed by atoms with Gasteiger partial charge < -0.3 is 5.11 Å². The molecule has 1 aromatic rings. The molecular formula is C10H3F9O2. The average molecular weight is 326 g/mol. The number of alkyl halides is 9. The van der Waals surface area contributed by atoms with Crippen LogP contribution in [0.25, 0.3) is 0 Å². The second kappa shape index (κ2) is 4.81. The minimum Gasteiger partial charge on any atom is -0.478 e. The van der Waals surface area contributed by atoms with Gasteiger partial charge in [0.2, 0.25) is 0 Å². The molecule has 21 heavy (non-hydrogen) atoms. The van der Waals surface area contributed by atoms with Crippen LogP contribution in [0.4, 0.5) is 39.5 Å². The highest BCUT2D eigenvalue weighted by atomic mass is 19.4. The largest absolute Gasteiger partial charge is 0.478 e. The number of carboxylic acids is 1. The smallest absolute Gasteiger partial charge is 0.417 e. The fraction of sp³-hybridized carbons (Fsp3) is 0.300. The molecule has 11 heteroatoms. The van der Waals surface area contributed by atoms with Crippen LogP contribution < -0.4 is 0 Å². The van der Waals surface area contributed by atoms with Crippen molar-refractivity contribution in [1.82, 2.24) is 0 Å². The van der Waals surface area contributed by atoms with E-state index in [1.54, 1.807) is 0 Å². The van der Waals surface area contributed by atoms with Crippen molar-refractivity contribution in [1.29, 1.82) is 0 Å². The monoisotopic (exact) mass is 326 g/mol. The quantitative estimate of drug-likeness (QED) is 0.775. The van der Waals surface area contributed by atoms with Crippen molar-refractivity contribution in [3.63, 3.8) is 0 Å². The number of rotatable bonds is 1. The first-order chi connectivity index (χ1) is 9.15. The Morgan fingerprint density at radius 1 is 0.714 bits per heavy atom. The molecule has 0 spiro atoms. The van der Waals surface area contributed by atoms with Crippen LogP contribution in [-0.4, -0.2) is 11.1 Å². The normalized spacial score (nSPS) is 13.4. The molecule has 0 aliphatic rings. The van der Waals surface area contributed by atoms with Crippen LogP contribution in [0, 0.1) is 0 Å². The van der Waals surface area contributed by atoms with E-state index in [2.05, 4.69) is 0 Å². The number of benzene rings is 1. The summed E-state index contributed by atoms with van der Waals surface area (Å²) in [5, 5.41) is 8.46. The van der Waals surface area contributed by atoms with Gasteiger partial charge in [-0.2, -0.15) is 39.5 Å². The molecule has 0 aliphatic carbocycles. The standard InChI is InChI=1S/C10H3F9O2/c11-8(12,13)4-2-6(10(17,18)19)5(9(14,15)16)1-3(4)7(20)21/h1-2H,(H,20,21). The lowest BCUT2D eigenvalue weighted by Gasteiger charge is -2.19. The number of halogens is 9. The van der Waals surface area contributed by atoms with Crippen molar-refractivity contribution in [2.24, 2.45) is 0 Å². The van der Waals surface area contributed by atoms with Gasteiger partial charge in [-0.1, -0.05) is 0 Å². The van der Waals surface area contributed by atoms with E-state index in [4.69, 9.17) is 5.11 Å². The maximum Gasteiger partial charge on any atom is 0.417 e. The van der Waals surface area contributed by atoms with Crippen LogP contribution in [0.15, 0.2) is 12.1 Å². The molecule has 0 radical (unpaired) electrons. The number of carboxylic acid groups (broad SMARTS) is 1. The molecule has 0 saturated carbocycles. The first kappa shape index (κ1) is 17.1. The zero-order valence-electron chi connectivity index (χ0n) is 9.41. The molecule has 1 rings (SSSR count). The van der Waals surface area contributed by atoms with Crippen LogP contribution in [0.3, 0.4) is 0 Å². The Bertz CT molecular complexity index is 566. The fourth-order valence-corrected chi connectivity index (χ4v) is 1.48. The molecule has 0 heterocycles. The Balaban J connectivity index is 3.84. The van der Waals surface area contributed by atoms with Crippen LogP contribution in [0.5, 0.6) is 0 Å². The topological polar surface area (TPSA) is 37.3 Å². The van der Waals surface area contributed by atoms with E-state index < -0.39 is 58.9 Å². The first-order valence-electron chi connectivity index (χ1n) is 4.78. The van der Waals surface area contributed by atoms with Crippen LogP contribution in [-0.2, 0) is 18.5 Å². The Hall–Kier alpha value is -1.94. The van der Waals surface area contributed by atoms with Crippen LogP contribution >= 0.6 is 0 Å². The van der Waals surface area contributed by atoms with E-state index in [0.717, 1.165) is 0 Å². The SMILES string of the molecule is O=C(O)c1cc(C(F)(F)F)c(C(F)(F)F)cc1C(F)(F)F. The number of hydrogen-bond donors (Lipinski definition) is 1. The van der Waals surface area contributed by atoms with E-state index in [-0.39, 0.29) is 0 Å². The maximum absolute atomic E-state index is 12.5. The van der Waals surface area contributed by atoms with E-state index in [9.17, 15) is 44.3 Å². The summed E-state index contributed by atoms with van der Waals surface area (Å²) in [5.74, 6) is -2.43. The summed E-state index contributed by atoms with van der Waals surface area (Å²) in [7, 11) is 0. The molecule has 1 aromatic carbocycles. The average Bonchev–Trinajstić information content (AvgIpc) is 2.23. The predicted octanol–water partition coefficient (Wildman–Crippen LogP) is 4.44. The Kier molecular flexibility index (Phi) is 3.92. The van der Waals surface area contributed by atoms with Gasteiger partial charge in [-0.15, -0.1) is 0 Å². The lowest BCUT2D eigenvalue weighted by molar-refractivity contribution is -0.163. The molecule has 118 valence electrons. The van der Waals surface area contributed by atoms with Crippen molar-refractivity contribution < 1.29 is 49.4 Å². The summed E-state index contributed by atoms with van der Waals surface area (Å²) in [5.41, 5.74) is -9.33. The molecule has 0 unspecified atom stereocenters. The lowest BCUT2D eigenvalue weighted by Crippen LogP contribution is -2.22. The van der Waals surface area contributed by atoms with Gasteiger partial charge in [0.05, 0.1) is 22.3 Å². The minimum absolute atomic E-state index is 0.673. The van der Waals surface area contributed by atoms with Gasteiger partial charge in [0.1, 0.15) is 0 Å². The number of aromatic carboxylic acids is 1.